The molecule has 0 N–H and O–H groups in total. The van der Waals surface area contributed by atoms with Gasteiger partial charge in [-0.15, -0.1) is 11.8 Å². The van der Waals surface area contributed by atoms with Gasteiger partial charge in [0.05, 0.1) is 5.56 Å². The highest BCUT2D eigenvalue weighted by molar-refractivity contribution is 7.99. The average Bonchev–Trinajstić information content (AvgIpc) is 3.06. The molecule has 3 aromatic carbocycles. The van der Waals surface area contributed by atoms with E-state index in [1.165, 1.54) is 4.90 Å². The number of benzene rings is 3. The van der Waals surface area contributed by atoms with Crippen LogP contribution >= 0.6 is 11.8 Å². The van der Waals surface area contributed by atoms with Crippen molar-refractivity contribution in [1.29, 1.82) is 0 Å². The molecular weight excluding hydrogens is 374 g/mol. The lowest BCUT2D eigenvalue weighted by atomic mass is 10.0. The van der Waals surface area contributed by atoms with Gasteiger partial charge in [0.2, 0.25) is 0 Å². The molecule has 0 saturated carbocycles. The minimum absolute atomic E-state index is 0.109. The second-order valence-corrected chi connectivity index (χ2v) is 8.36. The SMILES string of the molecule is Cc1c(C(=O)c2ccccc2)c2ccccc2n1CCCCSc1ccccc1. The van der Waals surface area contributed by atoms with Gasteiger partial charge in [-0.1, -0.05) is 66.7 Å². The van der Waals surface area contributed by atoms with Gasteiger partial charge in [-0.2, -0.15) is 0 Å². The zero-order valence-electron chi connectivity index (χ0n) is 16.7. The molecular formula is C26H25NOS. The lowest BCUT2D eigenvalue weighted by Gasteiger charge is -2.09. The molecule has 2 nitrogen and oxygen atoms in total. The van der Waals surface area contributed by atoms with Gasteiger partial charge in [-0.05, 0) is 43.7 Å². The second-order valence-electron chi connectivity index (χ2n) is 7.19. The normalized spacial score (nSPS) is 11.1. The maximum absolute atomic E-state index is 13.2. The Morgan fingerprint density at radius 1 is 0.828 bits per heavy atom. The number of carbonyl (C=O) groups is 1. The fraction of sp³-hybridized carbons (Fsp3) is 0.192. The molecule has 1 aromatic heterocycles. The summed E-state index contributed by atoms with van der Waals surface area (Å²) in [5.41, 5.74) is 3.80. The highest BCUT2D eigenvalue weighted by Crippen LogP contribution is 2.29. The standard InChI is InChI=1S/C26H25NOS/c1-20-25(26(28)21-12-4-2-5-13-21)23-16-8-9-17-24(23)27(20)18-10-11-19-29-22-14-6-3-7-15-22/h2-9,12-17H,10-11,18-19H2,1H3. The summed E-state index contributed by atoms with van der Waals surface area (Å²) in [6, 6.07) is 28.4. The summed E-state index contributed by atoms with van der Waals surface area (Å²) in [6.45, 7) is 3.01. The Morgan fingerprint density at radius 2 is 1.48 bits per heavy atom. The minimum Gasteiger partial charge on any atom is -0.344 e. The van der Waals surface area contributed by atoms with Crippen molar-refractivity contribution in [1.82, 2.24) is 4.57 Å². The van der Waals surface area contributed by atoms with Crippen LogP contribution in [0.5, 0.6) is 0 Å². The van der Waals surface area contributed by atoms with Crippen LogP contribution in [-0.2, 0) is 6.54 Å². The van der Waals surface area contributed by atoms with Crippen molar-refractivity contribution in [2.24, 2.45) is 0 Å². The van der Waals surface area contributed by atoms with E-state index in [-0.39, 0.29) is 5.78 Å². The van der Waals surface area contributed by atoms with Crippen molar-refractivity contribution in [3.05, 3.63) is 102 Å². The molecule has 0 bridgehead atoms. The Hall–Kier alpha value is -2.78. The van der Waals surface area contributed by atoms with Crippen LogP contribution in [0.1, 0.15) is 34.5 Å². The van der Waals surface area contributed by atoms with Crippen LogP contribution in [0.2, 0.25) is 0 Å². The maximum atomic E-state index is 13.2. The number of unbranched alkanes of at least 4 members (excludes halogenated alkanes) is 1. The van der Waals surface area contributed by atoms with Crippen molar-refractivity contribution in [2.45, 2.75) is 31.2 Å². The number of thioether (sulfide) groups is 1. The Kier molecular flexibility index (Phi) is 6.16. The number of ketones is 1. The van der Waals surface area contributed by atoms with Gasteiger partial charge in [0.25, 0.3) is 0 Å². The van der Waals surface area contributed by atoms with E-state index >= 15 is 0 Å². The highest BCUT2D eigenvalue weighted by Gasteiger charge is 2.20. The number of nitrogens with zero attached hydrogens (tertiary/aromatic N) is 1. The van der Waals surface area contributed by atoms with Crippen LogP contribution < -0.4 is 0 Å². The van der Waals surface area contributed by atoms with Crippen molar-refractivity contribution in [3.63, 3.8) is 0 Å². The molecule has 4 rings (SSSR count). The summed E-state index contributed by atoms with van der Waals surface area (Å²) in [5.74, 6) is 1.22. The molecule has 0 spiro atoms. The molecule has 1 heterocycles. The van der Waals surface area contributed by atoms with E-state index in [0.717, 1.165) is 52.9 Å². The molecule has 0 unspecified atom stereocenters. The van der Waals surface area contributed by atoms with Crippen molar-refractivity contribution in [3.8, 4) is 0 Å². The number of fused-ring (bicyclic) bond motifs is 1. The van der Waals surface area contributed by atoms with Crippen LogP contribution in [-0.4, -0.2) is 16.1 Å². The topological polar surface area (TPSA) is 22.0 Å². The minimum atomic E-state index is 0.109. The van der Waals surface area contributed by atoms with E-state index in [9.17, 15) is 4.79 Å². The Morgan fingerprint density at radius 3 is 2.24 bits per heavy atom. The van der Waals surface area contributed by atoms with Gasteiger partial charge in [-0.3, -0.25) is 4.79 Å². The number of para-hydroxylation sites is 1. The summed E-state index contributed by atoms with van der Waals surface area (Å²) in [4.78, 5) is 14.5. The molecule has 0 amide bonds. The van der Waals surface area contributed by atoms with Gasteiger partial charge in [0.15, 0.2) is 5.78 Å². The van der Waals surface area contributed by atoms with E-state index in [1.54, 1.807) is 0 Å². The molecule has 0 aliphatic rings. The third-order valence-corrected chi connectivity index (χ3v) is 6.38. The van der Waals surface area contributed by atoms with Crippen LogP contribution in [0.4, 0.5) is 0 Å². The Bertz CT molecular complexity index is 1100. The fourth-order valence-electron chi connectivity index (χ4n) is 3.82. The zero-order valence-corrected chi connectivity index (χ0v) is 17.5. The zero-order chi connectivity index (χ0) is 20.1. The fourth-order valence-corrected chi connectivity index (χ4v) is 4.75. The number of aryl methyl sites for hydroxylation is 1. The number of carbonyl (C=O) groups excluding carboxylic acids is 1. The highest BCUT2D eigenvalue weighted by atomic mass is 32.2. The molecule has 0 aliphatic heterocycles. The van der Waals surface area contributed by atoms with Gasteiger partial charge >= 0.3 is 0 Å². The average molecular weight is 400 g/mol. The predicted octanol–water partition coefficient (Wildman–Crippen LogP) is 6.75. The molecule has 0 fully saturated rings. The van der Waals surface area contributed by atoms with E-state index in [1.807, 2.05) is 48.2 Å². The number of hydrogen-bond acceptors (Lipinski definition) is 2. The van der Waals surface area contributed by atoms with E-state index in [4.69, 9.17) is 0 Å². The third kappa shape index (κ3) is 4.30. The summed E-state index contributed by atoms with van der Waals surface area (Å²) >= 11 is 1.91. The summed E-state index contributed by atoms with van der Waals surface area (Å²) in [6.07, 6.45) is 2.24. The molecule has 146 valence electrons. The predicted molar refractivity (Wildman–Crippen MR) is 123 cm³/mol. The van der Waals surface area contributed by atoms with Gasteiger partial charge in [0, 0.05) is 33.6 Å². The summed E-state index contributed by atoms with van der Waals surface area (Å²) in [7, 11) is 0. The van der Waals surface area contributed by atoms with Gasteiger partial charge < -0.3 is 4.57 Å². The van der Waals surface area contributed by atoms with Crippen molar-refractivity contribution < 1.29 is 4.79 Å². The monoisotopic (exact) mass is 399 g/mol. The molecule has 0 atom stereocenters. The summed E-state index contributed by atoms with van der Waals surface area (Å²) < 4.78 is 2.32. The van der Waals surface area contributed by atoms with Crippen molar-refractivity contribution in [2.75, 3.05) is 5.75 Å². The van der Waals surface area contributed by atoms with E-state index in [2.05, 4.69) is 60.0 Å². The van der Waals surface area contributed by atoms with Gasteiger partial charge in [0.1, 0.15) is 0 Å². The Balaban J connectivity index is 1.51. The van der Waals surface area contributed by atoms with E-state index < -0.39 is 0 Å². The van der Waals surface area contributed by atoms with Crippen LogP contribution in [0.3, 0.4) is 0 Å². The molecule has 4 aromatic rings. The smallest absolute Gasteiger partial charge is 0.195 e. The Labute approximate surface area is 176 Å². The first-order chi connectivity index (χ1) is 14.3. The lowest BCUT2D eigenvalue weighted by Crippen LogP contribution is -2.06. The number of hydrogen-bond donors (Lipinski definition) is 0. The number of rotatable bonds is 8. The van der Waals surface area contributed by atoms with Crippen molar-refractivity contribution >= 4 is 28.4 Å². The summed E-state index contributed by atoms with van der Waals surface area (Å²) in [5, 5.41) is 1.05. The lowest BCUT2D eigenvalue weighted by molar-refractivity contribution is 0.103. The largest absolute Gasteiger partial charge is 0.344 e. The first kappa shape index (κ1) is 19.5. The van der Waals surface area contributed by atoms with Crippen LogP contribution in [0.25, 0.3) is 10.9 Å². The van der Waals surface area contributed by atoms with Crippen LogP contribution in [0, 0.1) is 6.92 Å². The maximum Gasteiger partial charge on any atom is 0.195 e. The molecule has 29 heavy (non-hydrogen) atoms. The quantitative estimate of drug-likeness (QED) is 0.186. The van der Waals surface area contributed by atoms with Crippen LogP contribution in [0.15, 0.2) is 89.8 Å². The van der Waals surface area contributed by atoms with Gasteiger partial charge in [-0.25, -0.2) is 0 Å². The van der Waals surface area contributed by atoms with E-state index in [0.29, 0.717) is 0 Å². The molecule has 0 radical (unpaired) electrons. The molecule has 3 heteroatoms. The molecule has 0 saturated heterocycles. The first-order valence-corrected chi connectivity index (χ1v) is 11.1. The first-order valence-electron chi connectivity index (χ1n) is 10.1. The number of aromatic nitrogens is 1. The molecule has 0 aliphatic carbocycles. The second kappa shape index (κ2) is 9.15. The third-order valence-electron chi connectivity index (χ3n) is 5.28.